The number of rotatable bonds is 7. The monoisotopic (exact) mass is 342 g/mol. The maximum absolute atomic E-state index is 9.69. The van der Waals surface area contributed by atoms with Crippen molar-refractivity contribution in [1.29, 1.82) is 0 Å². The molecule has 0 aromatic rings. The van der Waals surface area contributed by atoms with Crippen LogP contribution in [0.3, 0.4) is 0 Å². The molecule has 0 amide bonds. The van der Waals surface area contributed by atoms with Crippen molar-refractivity contribution in [2.45, 2.75) is 49.5 Å². The molecule has 11 heteroatoms. The van der Waals surface area contributed by atoms with Crippen LogP contribution in [0.25, 0.3) is 0 Å². The van der Waals surface area contributed by atoms with Crippen molar-refractivity contribution in [3.63, 3.8) is 0 Å². The van der Waals surface area contributed by atoms with E-state index in [0.717, 1.165) is 0 Å². The van der Waals surface area contributed by atoms with Crippen molar-refractivity contribution in [2.75, 3.05) is 13.2 Å². The molecule has 7 atom stereocenters. The van der Waals surface area contributed by atoms with E-state index in [9.17, 15) is 35.7 Å². The summed E-state index contributed by atoms with van der Waals surface area (Å²) in [7, 11) is 0. The van der Waals surface area contributed by atoms with Crippen LogP contribution in [-0.2, 0) is 9.47 Å². The number of aliphatic hydroxyl groups is 9. The summed E-state index contributed by atoms with van der Waals surface area (Å²) in [6, 6.07) is 0. The van der Waals surface area contributed by atoms with Crippen LogP contribution in [0.4, 0.5) is 0 Å². The fourth-order valence-electron chi connectivity index (χ4n) is 1.93. The van der Waals surface area contributed by atoms with Gasteiger partial charge in [-0.3, -0.25) is 0 Å². The van der Waals surface area contributed by atoms with Crippen LogP contribution in [0.15, 0.2) is 11.5 Å². The summed E-state index contributed by atoms with van der Waals surface area (Å²) in [5, 5.41) is 84.4. The van der Waals surface area contributed by atoms with E-state index in [4.69, 9.17) is 19.7 Å². The second-order valence-electron chi connectivity index (χ2n) is 4.98. The Bertz CT molecular complexity index is 398. The Balaban J connectivity index is 2.78. The zero-order chi connectivity index (χ0) is 17.7. The lowest BCUT2D eigenvalue weighted by Gasteiger charge is -2.40. The third-order valence-corrected chi connectivity index (χ3v) is 3.33. The summed E-state index contributed by atoms with van der Waals surface area (Å²) >= 11 is 0. The Morgan fingerprint density at radius 3 is 2.09 bits per heavy atom. The number of ether oxygens (including phenoxy) is 2. The average Bonchev–Trinajstić information content (AvgIpc) is 2.53. The van der Waals surface area contributed by atoms with Gasteiger partial charge in [0.2, 0.25) is 6.29 Å². The summed E-state index contributed by atoms with van der Waals surface area (Å²) < 4.78 is 9.65. The highest BCUT2D eigenvalue weighted by Crippen LogP contribution is 2.24. The molecule has 0 aromatic carbocycles. The topological polar surface area (TPSA) is 201 Å². The van der Waals surface area contributed by atoms with Gasteiger partial charge in [-0.05, 0) is 0 Å². The van der Waals surface area contributed by atoms with Gasteiger partial charge in [0, 0.05) is 13.0 Å². The zero-order valence-corrected chi connectivity index (χ0v) is 12.0. The molecule has 1 fully saturated rings. The molecule has 9 N–H and O–H groups in total. The molecule has 7 unspecified atom stereocenters. The average molecular weight is 342 g/mol. The predicted octanol–water partition coefficient (Wildman–Crippen LogP) is -3.81. The molecule has 1 rings (SSSR count). The molecule has 0 bridgehead atoms. The van der Waals surface area contributed by atoms with E-state index in [1.807, 2.05) is 0 Å². The molecule has 136 valence electrons. The SMILES string of the molecule is OCCC(O)/C(O)=C(\O)C(O)OC1OC(CO)C(O)C(O)C1O. The van der Waals surface area contributed by atoms with E-state index in [2.05, 4.69) is 0 Å². The predicted molar refractivity (Wildman–Crippen MR) is 70.9 cm³/mol. The van der Waals surface area contributed by atoms with E-state index in [1.165, 1.54) is 0 Å². The molecule has 0 aliphatic carbocycles. The standard InChI is InChI=1S/C12H22O11/c13-2-1-4(15)6(16)9(19)11(21)23-12-10(20)8(18)7(17)5(3-14)22-12/h4-5,7-8,10-21H,1-3H2/b9-6+. The minimum Gasteiger partial charge on any atom is -0.506 e. The lowest BCUT2D eigenvalue weighted by molar-refractivity contribution is -0.329. The van der Waals surface area contributed by atoms with Crippen LogP contribution in [0.5, 0.6) is 0 Å². The molecule has 0 saturated carbocycles. The molecule has 1 saturated heterocycles. The lowest BCUT2D eigenvalue weighted by Crippen LogP contribution is -2.59. The minimum absolute atomic E-state index is 0.317. The maximum Gasteiger partial charge on any atom is 0.220 e. The van der Waals surface area contributed by atoms with E-state index in [-0.39, 0.29) is 6.42 Å². The van der Waals surface area contributed by atoms with Crippen LogP contribution in [0, 0.1) is 0 Å². The maximum atomic E-state index is 9.69. The summed E-state index contributed by atoms with van der Waals surface area (Å²) in [5.41, 5.74) is 0. The van der Waals surface area contributed by atoms with E-state index in [1.54, 1.807) is 0 Å². The van der Waals surface area contributed by atoms with Gasteiger partial charge >= 0.3 is 0 Å². The Morgan fingerprint density at radius 1 is 0.957 bits per heavy atom. The second kappa shape index (κ2) is 8.73. The molecule has 0 aromatic heterocycles. The quantitative estimate of drug-likeness (QED) is 0.162. The molecular formula is C12H22O11. The number of aliphatic hydroxyl groups excluding tert-OH is 9. The van der Waals surface area contributed by atoms with Crippen molar-refractivity contribution in [1.82, 2.24) is 0 Å². The lowest BCUT2D eigenvalue weighted by atomic mass is 9.99. The Labute approximate surface area is 130 Å². The molecule has 1 heterocycles. The first kappa shape index (κ1) is 20.0. The third-order valence-electron chi connectivity index (χ3n) is 3.33. The summed E-state index contributed by atoms with van der Waals surface area (Å²) in [6.07, 6.45) is -12.5. The fourth-order valence-corrected chi connectivity index (χ4v) is 1.93. The first-order valence-corrected chi connectivity index (χ1v) is 6.79. The van der Waals surface area contributed by atoms with E-state index >= 15 is 0 Å². The molecule has 11 nitrogen and oxygen atoms in total. The van der Waals surface area contributed by atoms with Crippen molar-refractivity contribution in [3.05, 3.63) is 11.5 Å². The van der Waals surface area contributed by atoms with Crippen molar-refractivity contribution < 1.29 is 55.4 Å². The van der Waals surface area contributed by atoms with Gasteiger partial charge in [-0.2, -0.15) is 0 Å². The van der Waals surface area contributed by atoms with Crippen molar-refractivity contribution in [3.8, 4) is 0 Å². The first-order chi connectivity index (χ1) is 10.7. The van der Waals surface area contributed by atoms with E-state index in [0.29, 0.717) is 0 Å². The van der Waals surface area contributed by atoms with E-state index < -0.39 is 67.8 Å². The number of hydrogen-bond acceptors (Lipinski definition) is 11. The van der Waals surface area contributed by atoms with Crippen LogP contribution in [0.2, 0.25) is 0 Å². The van der Waals surface area contributed by atoms with Crippen molar-refractivity contribution >= 4 is 0 Å². The highest BCUT2D eigenvalue weighted by atomic mass is 16.7. The van der Waals surface area contributed by atoms with Gasteiger partial charge < -0.3 is 55.4 Å². The normalized spacial score (nSPS) is 35.5. The summed E-state index contributed by atoms with van der Waals surface area (Å²) in [5.74, 6) is -2.25. The van der Waals surface area contributed by atoms with Crippen molar-refractivity contribution in [2.24, 2.45) is 0 Å². The smallest absolute Gasteiger partial charge is 0.220 e. The largest absolute Gasteiger partial charge is 0.506 e. The van der Waals surface area contributed by atoms with Gasteiger partial charge in [-0.25, -0.2) is 0 Å². The molecule has 23 heavy (non-hydrogen) atoms. The molecule has 0 radical (unpaired) electrons. The summed E-state index contributed by atoms with van der Waals surface area (Å²) in [4.78, 5) is 0. The van der Waals surface area contributed by atoms with Crippen LogP contribution in [-0.4, -0.2) is 102 Å². The van der Waals surface area contributed by atoms with Gasteiger partial charge in [0.25, 0.3) is 0 Å². The van der Waals surface area contributed by atoms with Crippen LogP contribution < -0.4 is 0 Å². The second-order valence-corrected chi connectivity index (χ2v) is 4.98. The molecular weight excluding hydrogens is 320 g/mol. The summed E-state index contributed by atoms with van der Waals surface area (Å²) in [6.45, 7) is -1.22. The van der Waals surface area contributed by atoms with Gasteiger partial charge in [0.1, 0.15) is 30.5 Å². The van der Waals surface area contributed by atoms with Crippen LogP contribution >= 0.6 is 0 Å². The third kappa shape index (κ3) is 4.73. The number of hydrogen-bond donors (Lipinski definition) is 9. The fraction of sp³-hybridized carbons (Fsp3) is 0.833. The Morgan fingerprint density at radius 2 is 1.57 bits per heavy atom. The molecule has 1 aliphatic rings. The minimum atomic E-state index is -2.25. The zero-order valence-electron chi connectivity index (χ0n) is 12.0. The Kier molecular flexibility index (Phi) is 7.60. The Hall–Kier alpha value is -1.02. The molecule has 0 spiro atoms. The van der Waals surface area contributed by atoms with Gasteiger partial charge in [0.15, 0.2) is 17.8 Å². The van der Waals surface area contributed by atoms with Crippen LogP contribution in [0.1, 0.15) is 6.42 Å². The first-order valence-electron chi connectivity index (χ1n) is 6.79. The highest BCUT2D eigenvalue weighted by Gasteiger charge is 2.45. The molecule has 1 aliphatic heterocycles. The van der Waals surface area contributed by atoms with Gasteiger partial charge in [0.05, 0.1) is 6.61 Å². The van der Waals surface area contributed by atoms with Gasteiger partial charge in [-0.1, -0.05) is 0 Å². The van der Waals surface area contributed by atoms with Gasteiger partial charge in [-0.15, -0.1) is 0 Å². The highest BCUT2D eigenvalue weighted by molar-refractivity contribution is 5.06.